The van der Waals surface area contributed by atoms with Crippen molar-refractivity contribution in [3.63, 3.8) is 0 Å². The Bertz CT molecular complexity index is 938. The van der Waals surface area contributed by atoms with Gasteiger partial charge in [0.15, 0.2) is 0 Å². The number of pyridine rings is 1. The lowest BCUT2D eigenvalue weighted by molar-refractivity contribution is 0.589. The van der Waals surface area contributed by atoms with Gasteiger partial charge in [0.05, 0.1) is 28.4 Å². The first-order chi connectivity index (χ1) is 9.44. The van der Waals surface area contributed by atoms with Crippen molar-refractivity contribution in [3.05, 3.63) is 28.1 Å². The molecule has 0 N–H and O–H groups in total. The molecule has 6 nitrogen and oxygen atoms in total. The summed E-state index contributed by atoms with van der Waals surface area (Å²) < 4.78 is 26.0. The van der Waals surface area contributed by atoms with Crippen LogP contribution in [0.15, 0.2) is 28.1 Å². The average Bonchev–Trinajstić information content (AvgIpc) is 2.87. The van der Waals surface area contributed by atoms with Crippen LogP contribution in [0, 0.1) is 0 Å². The van der Waals surface area contributed by atoms with Gasteiger partial charge in [-0.25, -0.2) is 22.9 Å². The second-order valence-corrected chi connectivity index (χ2v) is 7.40. The molecule has 0 radical (unpaired) electrons. The molecule has 0 bridgehead atoms. The molecule has 3 heterocycles. The van der Waals surface area contributed by atoms with Crippen LogP contribution in [0.1, 0.15) is 6.92 Å². The van der Waals surface area contributed by atoms with Crippen molar-refractivity contribution in [2.24, 2.45) is 0 Å². The van der Waals surface area contributed by atoms with Crippen LogP contribution in [0.3, 0.4) is 0 Å². The highest BCUT2D eigenvalue weighted by Gasteiger charge is 2.20. The molecule has 0 aliphatic carbocycles. The predicted octanol–water partition coefficient (Wildman–Crippen LogP) is 2.49. The first-order valence-electron chi connectivity index (χ1n) is 5.66. The second kappa shape index (κ2) is 4.64. The quantitative estimate of drug-likeness (QED) is 0.391. The fourth-order valence-electron chi connectivity index (χ4n) is 1.88. The van der Waals surface area contributed by atoms with Gasteiger partial charge in [-0.05, 0) is 28.1 Å². The van der Waals surface area contributed by atoms with Gasteiger partial charge in [0, 0.05) is 0 Å². The zero-order valence-electron chi connectivity index (χ0n) is 10.2. The van der Waals surface area contributed by atoms with E-state index >= 15 is 0 Å². The molecule has 0 atom stereocenters. The van der Waals surface area contributed by atoms with Crippen LogP contribution in [-0.2, 0) is 9.84 Å². The lowest BCUT2D eigenvalue weighted by atomic mass is 10.2. The van der Waals surface area contributed by atoms with Crippen molar-refractivity contribution in [2.45, 2.75) is 12.1 Å². The minimum atomic E-state index is -3.51. The fraction of sp³-hybridized carbons (Fsp3) is 0.182. The summed E-state index contributed by atoms with van der Waals surface area (Å²) >= 11 is 9.50. The van der Waals surface area contributed by atoms with Gasteiger partial charge in [0.2, 0.25) is 15.0 Å². The van der Waals surface area contributed by atoms with Crippen molar-refractivity contribution in [2.75, 3.05) is 5.75 Å². The Hall–Kier alpha value is -1.25. The normalized spacial score (nSPS) is 12.3. The van der Waals surface area contributed by atoms with Crippen molar-refractivity contribution in [3.8, 4) is 0 Å². The summed E-state index contributed by atoms with van der Waals surface area (Å²) in [5, 5.41) is 4.55. The Morgan fingerprint density at radius 2 is 2.15 bits per heavy atom. The summed E-state index contributed by atoms with van der Waals surface area (Å²) in [7, 11) is -3.51. The molecule has 0 saturated carbocycles. The van der Waals surface area contributed by atoms with Crippen LogP contribution in [0.4, 0.5) is 0 Å². The van der Waals surface area contributed by atoms with E-state index in [0.29, 0.717) is 21.0 Å². The molecule has 0 aromatic carbocycles. The topological polar surface area (TPSA) is 77.2 Å². The summed E-state index contributed by atoms with van der Waals surface area (Å²) in [6.45, 7) is 1.53. The first kappa shape index (κ1) is 13.7. The van der Waals surface area contributed by atoms with Gasteiger partial charge in [-0.3, -0.25) is 0 Å². The van der Waals surface area contributed by atoms with E-state index in [0.717, 1.165) is 0 Å². The molecule has 20 heavy (non-hydrogen) atoms. The van der Waals surface area contributed by atoms with Crippen LogP contribution in [0.2, 0.25) is 5.15 Å². The molecule has 9 heteroatoms. The molecule has 3 rings (SSSR count). The van der Waals surface area contributed by atoms with Crippen molar-refractivity contribution in [1.29, 1.82) is 0 Å². The van der Waals surface area contributed by atoms with Crippen molar-refractivity contribution in [1.82, 2.24) is 19.6 Å². The third kappa shape index (κ3) is 1.99. The van der Waals surface area contributed by atoms with Gasteiger partial charge in [-0.1, -0.05) is 18.5 Å². The summed E-state index contributed by atoms with van der Waals surface area (Å²) in [4.78, 5) is 8.03. The van der Waals surface area contributed by atoms with Crippen LogP contribution in [-0.4, -0.2) is 33.8 Å². The highest BCUT2D eigenvalue weighted by atomic mass is 79.9. The number of hydrogen-bond acceptors (Lipinski definition) is 5. The van der Waals surface area contributed by atoms with E-state index in [1.54, 1.807) is 22.8 Å². The Morgan fingerprint density at radius 1 is 1.40 bits per heavy atom. The van der Waals surface area contributed by atoms with Gasteiger partial charge in [-0.2, -0.15) is 5.10 Å². The van der Waals surface area contributed by atoms with E-state index < -0.39 is 9.84 Å². The van der Waals surface area contributed by atoms with E-state index in [4.69, 9.17) is 11.6 Å². The zero-order chi connectivity index (χ0) is 14.5. The molecule has 0 aliphatic rings. The number of fused-ring (bicyclic) bond motifs is 3. The van der Waals surface area contributed by atoms with Gasteiger partial charge < -0.3 is 0 Å². The molecule has 0 aliphatic heterocycles. The monoisotopic (exact) mass is 374 g/mol. The maximum absolute atomic E-state index is 11.9. The summed E-state index contributed by atoms with van der Waals surface area (Å²) in [5.41, 5.74) is 1.16. The molecule has 0 amide bonds. The molecular weight excluding hydrogens is 368 g/mol. The second-order valence-electron chi connectivity index (χ2n) is 4.06. The van der Waals surface area contributed by atoms with E-state index in [9.17, 15) is 8.42 Å². The highest BCUT2D eigenvalue weighted by Crippen LogP contribution is 2.29. The lowest BCUT2D eigenvalue weighted by Gasteiger charge is -2.07. The number of sulfone groups is 1. The number of nitrogens with zero attached hydrogens (tertiary/aromatic N) is 4. The summed E-state index contributed by atoms with van der Waals surface area (Å²) in [5.74, 6) is -0.0784. The molecule has 104 valence electrons. The zero-order valence-corrected chi connectivity index (χ0v) is 13.4. The minimum Gasteiger partial charge on any atom is -0.226 e. The maximum Gasteiger partial charge on any atom is 0.249 e. The first-order valence-corrected chi connectivity index (χ1v) is 8.48. The van der Waals surface area contributed by atoms with E-state index in [-0.39, 0.29) is 16.1 Å². The third-order valence-corrected chi connectivity index (χ3v) is 5.22. The molecule has 3 aromatic heterocycles. The molecule has 0 fully saturated rings. The predicted molar refractivity (Wildman–Crippen MR) is 78.7 cm³/mol. The minimum absolute atomic E-state index is 0.0784. The average molecular weight is 376 g/mol. The van der Waals surface area contributed by atoms with E-state index in [1.807, 2.05) is 0 Å². The Morgan fingerprint density at radius 3 is 2.85 bits per heavy atom. The van der Waals surface area contributed by atoms with Crippen molar-refractivity contribution < 1.29 is 8.42 Å². The van der Waals surface area contributed by atoms with E-state index in [1.165, 1.54) is 6.92 Å². The third-order valence-electron chi connectivity index (χ3n) is 2.89. The molecule has 0 unspecified atom stereocenters. The number of rotatable bonds is 2. The van der Waals surface area contributed by atoms with Crippen molar-refractivity contribution >= 4 is 53.8 Å². The van der Waals surface area contributed by atoms with Crippen LogP contribution in [0.25, 0.3) is 16.4 Å². The molecular formula is C11H8BrClN4O2S. The van der Waals surface area contributed by atoms with Crippen LogP contribution >= 0.6 is 27.5 Å². The van der Waals surface area contributed by atoms with Crippen LogP contribution < -0.4 is 0 Å². The number of hydrogen-bond donors (Lipinski definition) is 0. The summed E-state index contributed by atoms with van der Waals surface area (Å²) in [6, 6.07) is 3.42. The highest BCUT2D eigenvalue weighted by molar-refractivity contribution is 9.10. The van der Waals surface area contributed by atoms with Gasteiger partial charge in [-0.15, -0.1) is 0 Å². The largest absolute Gasteiger partial charge is 0.249 e. The van der Waals surface area contributed by atoms with Gasteiger partial charge >= 0.3 is 0 Å². The number of aromatic nitrogens is 4. The fourth-order valence-corrected chi connectivity index (χ4v) is 3.43. The smallest absolute Gasteiger partial charge is 0.226 e. The summed E-state index contributed by atoms with van der Waals surface area (Å²) in [6.07, 6.45) is 1.62. The van der Waals surface area contributed by atoms with Gasteiger partial charge in [0.25, 0.3) is 0 Å². The molecule has 0 spiro atoms. The van der Waals surface area contributed by atoms with Gasteiger partial charge in [0.1, 0.15) is 9.76 Å². The lowest BCUT2D eigenvalue weighted by Crippen LogP contribution is -2.09. The van der Waals surface area contributed by atoms with E-state index in [2.05, 4.69) is 31.0 Å². The Kier molecular flexibility index (Phi) is 3.19. The Balaban J connectivity index is 2.47. The molecule has 3 aromatic rings. The van der Waals surface area contributed by atoms with Crippen LogP contribution in [0.5, 0.6) is 0 Å². The molecule has 0 saturated heterocycles. The number of halogens is 2. The SMILES string of the molecule is CCS(=O)(=O)c1nc(Cl)c2c(cc(Br)n3nccc23)n1. The maximum atomic E-state index is 11.9. The standard InChI is InChI=1S/C11H8BrClN4O2S/c1-2-20(18,19)11-15-6-5-8(12)17-7(3-4-14-17)9(6)10(13)16-11/h3-5H,2H2,1H3. The Labute approximate surface area is 127 Å².